The zero-order valence-corrected chi connectivity index (χ0v) is 6.38. The third kappa shape index (κ3) is 1.26. The fraction of sp³-hybridized carbons (Fsp3) is 0.333. The van der Waals surface area contributed by atoms with Gasteiger partial charge in [0.25, 0.3) is 0 Å². The molecule has 0 amide bonds. The minimum atomic E-state index is 0.390. The molecule has 0 saturated carbocycles. The molecule has 1 heterocycles. The van der Waals surface area contributed by atoms with E-state index in [1.165, 1.54) is 5.56 Å². The van der Waals surface area contributed by atoms with Gasteiger partial charge in [0.1, 0.15) is 0 Å². The molecule has 2 heteroatoms. The van der Waals surface area contributed by atoms with Gasteiger partial charge >= 0.3 is 0 Å². The maximum Gasteiger partial charge on any atom is 0.0247 e. The number of hydrogen-bond donors (Lipinski definition) is 1. The Morgan fingerprint density at radius 1 is 1.75 bits per heavy atom. The van der Waals surface area contributed by atoms with Crippen LogP contribution in [0.2, 0.25) is 0 Å². The molecule has 0 N–H and O–H groups in total. The summed E-state index contributed by atoms with van der Waals surface area (Å²) >= 11 is 5.98. The lowest BCUT2D eigenvalue weighted by Crippen LogP contribution is -1.75. The molecule has 44 valence electrons. The number of rotatable bonds is 1. The minimum Gasteiger partial charge on any atom is -0.171 e. The van der Waals surface area contributed by atoms with Crippen molar-refractivity contribution in [2.75, 3.05) is 0 Å². The van der Waals surface area contributed by atoms with Crippen molar-refractivity contribution < 1.29 is 0 Å². The van der Waals surface area contributed by atoms with Crippen LogP contribution in [0.5, 0.6) is 0 Å². The van der Waals surface area contributed by atoms with Gasteiger partial charge in [-0.3, -0.25) is 0 Å². The molecule has 0 aliphatic heterocycles. The van der Waals surface area contributed by atoms with Crippen LogP contribution in [0.3, 0.4) is 0 Å². The van der Waals surface area contributed by atoms with Crippen LogP contribution in [-0.4, -0.2) is 0 Å². The van der Waals surface area contributed by atoms with Crippen molar-refractivity contribution >= 4 is 24.0 Å². The molecule has 0 aliphatic rings. The van der Waals surface area contributed by atoms with E-state index >= 15 is 0 Å². The van der Waals surface area contributed by atoms with Gasteiger partial charge in [0, 0.05) is 5.25 Å². The van der Waals surface area contributed by atoms with E-state index in [1.54, 1.807) is 11.3 Å². The van der Waals surface area contributed by atoms with Crippen LogP contribution in [0, 0.1) is 0 Å². The summed E-state index contributed by atoms with van der Waals surface area (Å²) in [4.78, 5) is 0. The third-order valence-electron chi connectivity index (χ3n) is 1.03. The van der Waals surface area contributed by atoms with Gasteiger partial charge in [-0.25, -0.2) is 0 Å². The van der Waals surface area contributed by atoms with Gasteiger partial charge in [-0.05, 0) is 29.3 Å². The van der Waals surface area contributed by atoms with Crippen LogP contribution >= 0.6 is 24.0 Å². The molecular formula is C6H8S2. The maximum absolute atomic E-state index is 4.26. The maximum atomic E-state index is 4.26. The van der Waals surface area contributed by atoms with Gasteiger partial charge < -0.3 is 0 Å². The molecule has 0 aromatic carbocycles. The van der Waals surface area contributed by atoms with Crippen LogP contribution in [0.1, 0.15) is 17.7 Å². The average molecular weight is 144 g/mol. The highest BCUT2D eigenvalue weighted by Gasteiger charge is 1.96. The van der Waals surface area contributed by atoms with Gasteiger partial charge in [-0.15, -0.1) is 0 Å². The van der Waals surface area contributed by atoms with Crippen molar-refractivity contribution in [2.24, 2.45) is 0 Å². The van der Waals surface area contributed by atoms with Crippen LogP contribution < -0.4 is 0 Å². The lowest BCUT2D eigenvalue weighted by molar-refractivity contribution is 1.13. The van der Waals surface area contributed by atoms with Gasteiger partial charge in [0.05, 0.1) is 0 Å². The van der Waals surface area contributed by atoms with Gasteiger partial charge in [0.2, 0.25) is 0 Å². The zero-order chi connectivity index (χ0) is 5.98. The summed E-state index contributed by atoms with van der Waals surface area (Å²) < 4.78 is 0. The molecule has 0 radical (unpaired) electrons. The summed E-state index contributed by atoms with van der Waals surface area (Å²) in [5, 5.41) is 4.58. The molecule has 0 saturated heterocycles. The topological polar surface area (TPSA) is 0 Å². The van der Waals surface area contributed by atoms with Crippen molar-refractivity contribution in [2.45, 2.75) is 12.2 Å². The first-order chi connectivity index (χ1) is 3.80. The molecule has 1 aromatic rings. The minimum absolute atomic E-state index is 0.390. The van der Waals surface area contributed by atoms with E-state index in [9.17, 15) is 0 Å². The van der Waals surface area contributed by atoms with Crippen molar-refractivity contribution in [1.29, 1.82) is 0 Å². The highest BCUT2D eigenvalue weighted by Crippen LogP contribution is 2.20. The molecule has 1 aromatic heterocycles. The lowest BCUT2D eigenvalue weighted by atomic mass is 10.3. The summed E-state index contributed by atoms with van der Waals surface area (Å²) in [5.74, 6) is 0. The van der Waals surface area contributed by atoms with Crippen molar-refractivity contribution in [3.8, 4) is 0 Å². The average Bonchev–Trinajstić information content (AvgIpc) is 2.12. The molecule has 0 unspecified atom stereocenters. The number of thiol groups is 1. The van der Waals surface area contributed by atoms with Crippen LogP contribution in [0.4, 0.5) is 0 Å². The smallest absolute Gasteiger partial charge is 0.0247 e. The van der Waals surface area contributed by atoms with Crippen LogP contribution in [0.25, 0.3) is 0 Å². The van der Waals surface area contributed by atoms with Gasteiger partial charge in [-0.2, -0.15) is 24.0 Å². The monoisotopic (exact) mass is 144 g/mol. The predicted molar refractivity (Wildman–Crippen MR) is 41.7 cm³/mol. The molecule has 1 rings (SSSR count). The molecular weight excluding hydrogens is 136 g/mol. The van der Waals surface area contributed by atoms with E-state index in [2.05, 4.69) is 36.4 Å². The Hall–Kier alpha value is 0.0500. The van der Waals surface area contributed by atoms with Gasteiger partial charge in [-0.1, -0.05) is 0 Å². The molecule has 1 atom stereocenters. The summed E-state index contributed by atoms with van der Waals surface area (Å²) in [6.45, 7) is 2.07. The van der Waals surface area contributed by atoms with Crippen molar-refractivity contribution in [3.05, 3.63) is 22.4 Å². The van der Waals surface area contributed by atoms with Crippen LogP contribution in [0.15, 0.2) is 16.8 Å². The van der Waals surface area contributed by atoms with Crippen molar-refractivity contribution in [1.82, 2.24) is 0 Å². The van der Waals surface area contributed by atoms with E-state index in [0.717, 1.165) is 0 Å². The van der Waals surface area contributed by atoms with E-state index in [0.29, 0.717) is 5.25 Å². The largest absolute Gasteiger partial charge is 0.171 e. The molecule has 0 nitrogen and oxygen atoms in total. The highest BCUT2D eigenvalue weighted by atomic mass is 32.1. The first-order valence-corrected chi connectivity index (χ1v) is 3.97. The highest BCUT2D eigenvalue weighted by molar-refractivity contribution is 7.80. The Labute approximate surface area is 59.0 Å². The molecule has 0 aliphatic carbocycles. The first kappa shape index (κ1) is 6.17. The first-order valence-electron chi connectivity index (χ1n) is 2.51. The second-order valence-corrected chi connectivity index (χ2v) is 3.29. The van der Waals surface area contributed by atoms with E-state index in [4.69, 9.17) is 0 Å². The predicted octanol–water partition coefficient (Wildman–Crippen LogP) is 2.74. The summed E-state index contributed by atoms with van der Waals surface area (Å²) in [6, 6.07) is 2.10. The Balaban J connectivity index is 2.77. The lowest BCUT2D eigenvalue weighted by Gasteiger charge is -1.95. The second kappa shape index (κ2) is 2.55. The van der Waals surface area contributed by atoms with Crippen LogP contribution in [-0.2, 0) is 0 Å². The zero-order valence-electron chi connectivity index (χ0n) is 4.66. The van der Waals surface area contributed by atoms with E-state index in [-0.39, 0.29) is 0 Å². The Morgan fingerprint density at radius 3 is 2.75 bits per heavy atom. The Morgan fingerprint density at radius 2 is 2.50 bits per heavy atom. The normalized spacial score (nSPS) is 13.8. The molecule has 0 fully saturated rings. The summed E-state index contributed by atoms with van der Waals surface area (Å²) in [5.41, 5.74) is 1.32. The second-order valence-electron chi connectivity index (χ2n) is 1.73. The fourth-order valence-electron chi connectivity index (χ4n) is 0.513. The number of thiophene rings is 1. The standard InChI is InChI=1S/C6H8S2/c1-5(7)6-2-3-8-4-6/h2-5,7H,1H3/t5-/m0/s1. The SMILES string of the molecule is C[C@H](S)c1ccsc1. The molecule has 0 spiro atoms. The number of hydrogen-bond acceptors (Lipinski definition) is 2. The van der Waals surface area contributed by atoms with Crippen molar-refractivity contribution in [3.63, 3.8) is 0 Å². The molecule has 8 heavy (non-hydrogen) atoms. The van der Waals surface area contributed by atoms with E-state index in [1.807, 2.05) is 0 Å². The Kier molecular flexibility index (Phi) is 1.97. The Bertz CT molecular complexity index is 142. The quantitative estimate of drug-likeness (QED) is 0.576. The summed E-state index contributed by atoms with van der Waals surface area (Å²) in [6.07, 6.45) is 0. The fourth-order valence-corrected chi connectivity index (χ4v) is 1.53. The van der Waals surface area contributed by atoms with Gasteiger partial charge in [0.15, 0.2) is 0 Å². The third-order valence-corrected chi connectivity index (χ3v) is 2.03. The van der Waals surface area contributed by atoms with E-state index < -0.39 is 0 Å². The molecule has 0 bridgehead atoms. The summed E-state index contributed by atoms with van der Waals surface area (Å²) in [7, 11) is 0.